The summed E-state index contributed by atoms with van der Waals surface area (Å²) in [6.07, 6.45) is 4.79. The van der Waals surface area contributed by atoms with E-state index in [9.17, 15) is 0 Å². The van der Waals surface area contributed by atoms with E-state index in [1.807, 2.05) is 16.9 Å². The molecule has 0 aliphatic carbocycles. The summed E-state index contributed by atoms with van der Waals surface area (Å²) in [5.74, 6) is 0.834. The Morgan fingerprint density at radius 3 is 2.82 bits per heavy atom. The van der Waals surface area contributed by atoms with Crippen molar-refractivity contribution in [2.45, 2.75) is 33.4 Å². The molecule has 0 radical (unpaired) electrons. The number of rotatable bonds is 6. The van der Waals surface area contributed by atoms with Gasteiger partial charge in [-0.3, -0.25) is 9.67 Å². The number of nitrogens with one attached hydrogen (secondary N) is 2. The smallest absolute Gasteiger partial charge is 0.191 e. The third-order valence-electron chi connectivity index (χ3n) is 3.58. The second-order valence-electron chi connectivity index (χ2n) is 5.41. The lowest BCUT2D eigenvalue weighted by Crippen LogP contribution is -2.37. The summed E-state index contributed by atoms with van der Waals surface area (Å²) in [6, 6.07) is 8.46. The third-order valence-corrected chi connectivity index (χ3v) is 3.58. The largest absolute Gasteiger partial charge is 0.356 e. The van der Waals surface area contributed by atoms with Gasteiger partial charge in [0.05, 0.1) is 0 Å². The van der Waals surface area contributed by atoms with E-state index in [0.29, 0.717) is 0 Å². The van der Waals surface area contributed by atoms with Gasteiger partial charge in [-0.25, -0.2) is 0 Å². The molecular weight excluding hydrogens is 274 g/mol. The number of guanidine groups is 1. The number of hydrogen-bond acceptors (Lipinski definition) is 2. The summed E-state index contributed by atoms with van der Waals surface area (Å²) in [7, 11) is 1.80. The van der Waals surface area contributed by atoms with Crippen molar-refractivity contribution in [1.29, 1.82) is 0 Å². The standard InChI is InChI=1S/C17H25N5/c1-14-6-7-16(15(2)12-14)13-20-17(18-3)19-8-4-10-22-11-5-9-21-22/h5-7,9,11-12H,4,8,10,13H2,1-3H3,(H2,18,19,20). The first-order valence-electron chi connectivity index (χ1n) is 7.67. The highest BCUT2D eigenvalue weighted by molar-refractivity contribution is 5.79. The van der Waals surface area contributed by atoms with Gasteiger partial charge in [0.2, 0.25) is 0 Å². The lowest BCUT2D eigenvalue weighted by Gasteiger charge is -2.13. The minimum atomic E-state index is 0.783. The minimum absolute atomic E-state index is 0.783. The van der Waals surface area contributed by atoms with Crippen LogP contribution in [0.1, 0.15) is 23.1 Å². The molecule has 0 saturated carbocycles. The fourth-order valence-corrected chi connectivity index (χ4v) is 2.32. The maximum atomic E-state index is 4.26. The van der Waals surface area contributed by atoms with Crippen LogP contribution in [0.5, 0.6) is 0 Å². The Balaban J connectivity index is 1.73. The normalized spacial score (nSPS) is 11.5. The van der Waals surface area contributed by atoms with Crippen molar-refractivity contribution in [3.63, 3.8) is 0 Å². The van der Waals surface area contributed by atoms with Gasteiger partial charge in [0.15, 0.2) is 5.96 Å². The molecule has 118 valence electrons. The van der Waals surface area contributed by atoms with Gasteiger partial charge in [-0.15, -0.1) is 0 Å². The highest BCUT2D eigenvalue weighted by Gasteiger charge is 2.01. The predicted octanol–water partition coefficient (Wildman–Crippen LogP) is 2.26. The Hall–Kier alpha value is -2.30. The fourth-order valence-electron chi connectivity index (χ4n) is 2.32. The van der Waals surface area contributed by atoms with Crippen LogP contribution in [0.15, 0.2) is 41.7 Å². The zero-order valence-electron chi connectivity index (χ0n) is 13.6. The van der Waals surface area contributed by atoms with E-state index in [1.54, 1.807) is 13.2 Å². The van der Waals surface area contributed by atoms with Crippen molar-refractivity contribution in [1.82, 2.24) is 20.4 Å². The molecule has 0 spiro atoms. The van der Waals surface area contributed by atoms with E-state index in [1.165, 1.54) is 16.7 Å². The molecule has 0 aliphatic heterocycles. The van der Waals surface area contributed by atoms with Crippen molar-refractivity contribution in [3.05, 3.63) is 53.3 Å². The van der Waals surface area contributed by atoms with Crippen LogP contribution in [0.3, 0.4) is 0 Å². The molecule has 5 nitrogen and oxygen atoms in total. The lowest BCUT2D eigenvalue weighted by molar-refractivity contribution is 0.570. The molecule has 0 unspecified atom stereocenters. The zero-order valence-corrected chi connectivity index (χ0v) is 13.6. The quantitative estimate of drug-likeness (QED) is 0.489. The number of aryl methyl sites for hydroxylation is 3. The molecule has 2 aromatic rings. The second-order valence-corrected chi connectivity index (χ2v) is 5.41. The molecule has 5 heteroatoms. The number of benzene rings is 1. The molecule has 2 rings (SSSR count). The Labute approximate surface area is 132 Å². The molecule has 2 N–H and O–H groups in total. The van der Waals surface area contributed by atoms with Crippen LogP contribution in [-0.2, 0) is 13.1 Å². The summed E-state index contributed by atoms with van der Waals surface area (Å²) >= 11 is 0. The van der Waals surface area contributed by atoms with Gasteiger partial charge in [0.25, 0.3) is 0 Å². The van der Waals surface area contributed by atoms with Crippen LogP contribution in [-0.4, -0.2) is 29.3 Å². The molecular formula is C17H25N5. The molecule has 0 atom stereocenters. The summed E-state index contributed by atoms with van der Waals surface area (Å²) < 4.78 is 1.94. The number of aromatic nitrogens is 2. The molecule has 0 bridgehead atoms. The fraction of sp³-hybridized carbons (Fsp3) is 0.412. The van der Waals surface area contributed by atoms with Crippen molar-refractivity contribution in [2.24, 2.45) is 4.99 Å². The Kier molecular flexibility index (Phi) is 6.01. The first-order chi connectivity index (χ1) is 10.7. The monoisotopic (exact) mass is 299 g/mol. The highest BCUT2D eigenvalue weighted by atomic mass is 15.3. The predicted molar refractivity (Wildman–Crippen MR) is 91.0 cm³/mol. The van der Waals surface area contributed by atoms with E-state index in [-0.39, 0.29) is 0 Å². The molecule has 1 heterocycles. The van der Waals surface area contributed by atoms with Gasteiger partial charge in [-0.2, -0.15) is 5.10 Å². The van der Waals surface area contributed by atoms with E-state index in [4.69, 9.17) is 0 Å². The first-order valence-corrected chi connectivity index (χ1v) is 7.67. The first kappa shape index (κ1) is 16.1. The molecule has 0 fully saturated rings. The topological polar surface area (TPSA) is 54.2 Å². The second kappa shape index (κ2) is 8.22. The summed E-state index contributed by atoms with van der Waals surface area (Å²) in [6.45, 7) is 6.82. The molecule has 1 aromatic carbocycles. The van der Waals surface area contributed by atoms with E-state index >= 15 is 0 Å². The van der Waals surface area contributed by atoms with Crippen LogP contribution in [0.2, 0.25) is 0 Å². The van der Waals surface area contributed by atoms with Crippen LogP contribution >= 0.6 is 0 Å². The van der Waals surface area contributed by atoms with Gasteiger partial charge in [-0.1, -0.05) is 23.8 Å². The maximum Gasteiger partial charge on any atom is 0.191 e. The number of hydrogen-bond donors (Lipinski definition) is 2. The maximum absolute atomic E-state index is 4.26. The summed E-state index contributed by atoms with van der Waals surface area (Å²) in [4.78, 5) is 4.26. The van der Waals surface area contributed by atoms with E-state index < -0.39 is 0 Å². The van der Waals surface area contributed by atoms with E-state index in [2.05, 4.69) is 52.8 Å². The Morgan fingerprint density at radius 1 is 1.27 bits per heavy atom. The SMILES string of the molecule is CN=C(NCCCn1cccn1)NCc1ccc(C)cc1C. The molecule has 0 saturated heterocycles. The zero-order chi connectivity index (χ0) is 15.8. The van der Waals surface area contributed by atoms with Crippen LogP contribution in [0.25, 0.3) is 0 Å². The van der Waals surface area contributed by atoms with Crippen LogP contribution < -0.4 is 10.6 Å². The minimum Gasteiger partial charge on any atom is -0.356 e. The van der Waals surface area contributed by atoms with Gasteiger partial charge in [-0.05, 0) is 37.5 Å². The van der Waals surface area contributed by atoms with E-state index in [0.717, 1.165) is 32.0 Å². The summed E-state index contributed by atoms with van der Waals surface area (Å²) in [5, 5.41) is 10.9. The van der Waals surface area contributed by atoms with Crippen molar-refractivity contribution < 1.29 is 0 Å². The Bertz CT molecular complexity index is 602. The van der Waals surface area contributed by atoms with Crippen molar-refractivity contribution in [2.75, 3.05) is 13.6 Å². The molecule has 0 amide bonds. The molecule has 1 aromatic heterocycles. The van der Waals surface area contributed by atoms with Gasteiger partial charge < -0.3 is 10.6 Å². The average Bonchev–Trinajstić information content (AvgIpc) is 3.01. The van der Waals surface area contributed by atoms with Gasteiger partial charge in [0.1, 0.15) is 0 Å². The van der Waals surface area contributed by atoms with Crippen molar-refractivity contribution in [3.8, 4) is 0 Å². The van der Waals surface area contributed by atoms with Gasteiger partial charge >= 0.3 is 0 Å². The number of nitrogens with zero attached hydrogens (tertiary/aromatic N) is 3. The molecule has 22 heavy (non-hydrogen) atoms. The van der Waals surface area contributed by atoms with Crippen LogP contribution in [0, 0.1) is 13.8 Å². The third kappa shape index (κ3) is 4.91. The van der Waals surface area contributed by atoms with Crippen LogP contribution in [0.4, 0.5) is 0 Å². The highest BCUT2D eigenvalue weighted by Crippen LogP contribution is 2.09. The number of aliphatic imine (C=N–C) groups is 1. The molecule has 0 aliphatic rings. The van der Waals surface area contributed by atoms with Crippen molar-refractivity contribution >= 4 is 5.96 Å². The lowest BCUT2D eigenvalue weighted by atomic mass is 10.1. The van der Waals surface area contributed by atoms with Gasteiger partial charge in [0, 0.05) is 39.1 Å². The average molecular weight is 299 g/mol. The Morgan fingerprint density at radius 2 is 2.14 bits per heavy atom. The summed E-state index contributed by atoms with van der Waals surface area (Å²) in [5.41, 5.74) is 3.90.